The Bertz CT molecular complexity index is 578. The molecule has 0 radical (unpaired) electrons. The monoisotopic (exact) mass is 307 g/mol. The summed E-state index contributed by atoms with van der Waals surface area (Å²) >= 11 is 5.84. The second-order valence-corrected chi connectivity index (χ2v) is 6.60. The molecule has 1 saturated heterocycles. The summed E-state index contributed by atoms with van der Waals surface area (Å²) in [6.07, 6.45) is 2.87. The van der Waals surface area contributed by atoms with Crippen LogP contribution in [0.15, 0.2) is 11.2 Å². The molecule has 0 aliphatic carbocycles. The summed E-state index contributed by atoms with van der Waals surface area (Å²) in [5.74, 6) is -1.14. The zero-order valence-corrected chi connectivity index (χ0v) is 11.9. The molecule has 0 bridgehead atoms. The van der Waals surface area contributed by atoms with Crippen molar-refractivity contribution < 1.29 is 18.3 Å². The van der Waals surface area contributed by atoms with Gasteiger partial charge in [-0.1, -0.05) is 11.6 Å². The largest absolute Gasteiger partial charge is 0.480 e. The van der Waals surface area contributed by atoms with Gasteiger partial charge in [0, 0.05) is 13.6 Å². The number of hydrogen-bond donors (Lipinski definition) is 1. The van der Waals surface area contributed by atoms with Crippen molar-refractivity contribution in [3.63, 3.8) is 0 Å². The van der Waals surface area contributed by atoms with Crippen molar-refractivity contribution in [2.45, 2.75) is 30.3 Å². The molecular weight excluding hydrogens is 294 g/mol. The second kappa shape index (κ2) is 5.10. The Morgan fingerprint density at radius 2 is 2.21 bits per heavy atom. The Kier molecular flexibility index (Phi) is 3.84. The molecule has 1 aliphatic heterocycles. The van der Waals surface area contributed by atoms with Gasteiger partial charge in [0.1, 0.15) is 6.04 Å². The van der Waals surface area contributed by atoms with Crippen molar-refractivity contribution in [2.24, 2.45) is 7.05 Å². The molecule has 1 N–H and O–H groups in total. The van der Waals surface area contributed by atoms with Gasteiger partial charge in [-0.3, -0.25) is 9.48 Å². The van der Waals surface area contributed by atoms with Crippen molar-refractivity contribution in [2.75, 3.05) is 6.54 Å². The van der Waals surface area contributed by atoms with Crippen molar-refractivity contribution in [3.05, 3.63) is 11.2 Å². The summed E-state index contributed by atoms with van der Waals surface area (Å²) in [6, 6.07) is -1.04. The average Bonchev–Trinajstić information content (AvgIpc) is 2.69. The molecule has 0 amide bonds. The van der Waals surface area contributed by atoms with E-state index in [-0.39, 0.29) is 16.6 Å². The topological polar surface area (TPSA) is 92.5 Å². The van der Waals surface area contributed by atoms with E-state index >= 15 is 0 Å². The Morgan fingerprint density at radius 1 is 1.53 bits per heavy atom. The van der Waals surface area contributed by atoms with Crippen LogP contribution < -0.4 is 0 Å². The van der Waals surface area contributed by atoms with Gasteiger partial charge in [0.05, 0.1) is 11.2 Å². The van der Waals surface area contributed by atoms with Gasteiger partial charge < -0.3 is 5.11 Å². The molecular formula is C10H14ClN3O4S. The number of carboxylic acids is 1. The Balaban J connectivity index is 2.46. The first-order valence-corrected chi connectivity index (χ1v) is 7.59. The summed E-state index contributed by atoms with van der Waals surface area (Å²) in [4.78, 5) is 11.2. The van der Waals surface area contributed by atoms with Gasteiger partial charge in [-0.15, -0.1) is 0 Å². The number of hydrogen-bond acceptors (Lipinski definition) is 4. The molecule has 1 atom stereocenters. The maximum Gasteiger partial charge on any atom is 0.322 e. The van der Waals surface area contributed by atoms with E-state index in [0.29, 0.717) is 19.3 Å². The molecule has 1 unspecified atom stereocenters. The number of piperidine rings is 1. The minimum Gasteiger partial charge on any atom is -0.480 e. The van der Waals surface area contributed by atoms with Gasteiger partial charge in [0.2, 0.25) is 0 Å². The maximum atomic E-state index is 12.5. The second-order valence-electron chi connectivity index (χ2n) is 4.39. The van der Waals surface area contributed by atoms with Gasteiger partial charge >= 0.3 is 5.97 Å². The van der Waals surface area contributed by atoms with Gasteiger partial charge in [-0.05, 0) is 19.3 Å². The highest BCUT2D eigenvalue weighted by atomic mass is 35.5. The van der Waals surface area contributed by atoms with E-state index in [1.807, 2.05) is 0 Å². The molecule has 106 valence electrons. The lowest BCUT2D eigenvalue weighted by Gasteiger charge is -2.31. The Labute approximate surface area is 115 Å². The third-order valence-electron chi connectivity index (χ3n) is 3.13. The highest BCUT2D eigenvalue weighted by Gasteiger charge is 2.40. The minimum absolute atomic E-state index is 0.00258. The van der Waals surface area contributed by atoms with Gasteiger partial charge in [-0.25, -0.2) is 8.42 Å². The minimum atomic E-state index is -3.95. The van der Waals surface area contributed by atoms with Crippen LogP contribution in [-0.2, 0) is 21.9 Å². The zero-order valence-electron chi connectivity index (χ0n) is 10.3. The highest BCUT2D eigenvalue weighted by Crippen LogP contribution is 2.29. The SMILES string of the molecule is Cn1ncc(Cl)c1S(=O)(=O)N1CCCCC1C(=O)O. The molecule has 2 heterocycles. The number of aromatic nitrogens is 2. The lowest BCUT2D eigenvalue weighted by molar-refractivity contribution is -0.142. The maximum absolute atomic E-state index is 12.5. The fraction of sp³-hybridized carbons (Fsp3) is 0.600. The van der Waals surface area contributed by atoms with Gasteiger partial charge in [-0.2, -0.15) is 9.40 Å². The number of carboxylic acid groups (broad SMARTS) is 1. The number of aryl methyl sites for hydroxylation is 1. The summed E-state index contributed by atoms with van der Waals surface area (Å²) < 4.78 is 27.2. The first kappa shape index (κ1) is 14.3. The number of aliphatic carboxylic acids is 1. The molecule has 7 nitrogen and oxygen atoms in total. The third kappa shape index (κ3) is 2.47. The van der Waals surface area contributed by atoms with E-state index in [2.05, 4.69) is 5.10 Å². The molecule has 19 heavy (non-hydrogen) atoms. The zero-order chi connectivity index (χ0) is 14.2. The summed E-state index contributed by atoms with van der Waals surface area (Å²) in [7, 11) is -2.50. The number of rotatable bonds is 3. The quantitative estimate of drug-likeness (QED) is 0.887. The van der Waals surface area contributed by atoms with Crippen LogP contribution in [0, 0.1) is 0 Å². The van der Waals surface area contributed by atoms with Crippen LogP contribution in [0.3, 0.4) is 0 Å². The summed E-state index contributed by atoms with van der Waals surface area (Å²) in [6.45, 7) is 0.181. The predicted octanol–water partition coefficient (Wildman–Crippen LogP) is 0.701. The molecule has 2 rings (SSSR count). The molecule has 0 spiro atoms. The third-order valence-corrected chi connectivity index (χ3v) is 5.55. The summed E-state index contributed by atoms with van der Waals surface area (Å²) in [5, 5.41) is 12.8. The highest BCUT2D eigenvalue weighted by molar-refractivity contribution is 7.89. The number of nitrogens with zero attached hydrogens (tertiary/aromatic N) is 3. The van der Waals surface area contributed by atoms with Crippen LogP contribution in [-0.4, -0.2) is 46.2 Å². The fourth-order valence-corrected chi connectivity index (χ4v) is 4.50. The van der Waals surface area contributed by atoms with Crippen molar-refractivity contribution in [1.29, 1.82) is 0 Å². The van der Waals surface area contributed by atoms with E-state index in [0.717, 1.165) is 8.99 Å². The van der Waals surface area contributed by atoms with Crippen molar-refractivity contribution in [1.82, 2.24) is 14.1 Å². The molecule has 9 heteroatoms. The van der Waals surface area contributed by atoms with Crippen LogP contribution in [0.4, 0.5) is 0 Å². The molecule has 1 aliphatic rings. The molecule has 1 aromatic rings. The predicted molar refractivity (Wildman–Crippen MR) is 67.4 cm³/mol. The van der Waals surface area contributed by atoms with Gasteiger partial charge in [0.15, 0.2) is 5.03 Å². The van der Waals surface area contributed by atoms with Crippen LogP contribution in [0.2, 0.25) is 5.02 Å². The smallest absolute Gasteiger partial charge is 0.322 e. The first-order chi connectivity index (χ1) is 8.85. The van der Waals surface area contributed by atoms with E-state index in [1.165, 1.54) is 13.2 Å². The normalized spacial score (nSPS) is 21.5. The number of sulfonamides is 1. The fourth-order valence-electron chi connectivity index (χ4n) is 2.24. The van der Waals surface area contributed by atoms with Gasteiger partial charge in [0.25, 0.3) is 10.0 Å². The molecule has 1 fully saturated rings. The molecule has 0 aromatic carbocycles. The van der Waals surface area contributed by atoms with E-state index in [4.69, 9.17) is 16.7 Å². The Hall–Kier alpha value is -1.12. The van der Waals surface area contributed by atoms with E-state index < -0.39 is 22.0 Å². The van der Waals surface area contributed by atoms with E-state index in [1.54, 1.807) is 0 Å². The number of halogens is 1. The first-order valence-electron chi connectivity index (χ1n) is 5.78. The standard InChI is InChI=1S/C10H14ClN3O4S/c1-13-9(7(11)6-12-13)19(17,18)14-5-3-2-4-8(14)10(15)16/h6,8H,2-5H2,1H3,(H,15,16). The number of carbonyl (C=O) groups is 1. The van der Waals surface area contributed by atoms with Crippen molar-refractivity contribution >= 4 is 27.6 Å². The van der Waals surface area contributed by atoms with E-state index in [9.17, 15) is 13.2 Å². The molecule has 0 saturated carbocycles. The summed E-state index contributed by atoms with van der Waals surface area (Å²) in [5.41, 5.74) is 0. The van der Waals surface area contributed by atoms with Crippen molar-refractivity contribution in [3.8, 4) is 0 Å². The van der Waals surface area contributed by atoms with Crippen LogP contribution in [0.25, 0.3) is 0 Å². The lowest BCUT2D eigenvalue weighted by atomic mass is 10.1. The lowest BCUT2D eigenvalue weighted by Crippen LogP contribution is -2.48. The average molecular weight is 308 g/mol. The Morgan fingerprint density at radius 3 is 2.74 bits per heavy atom. The van der Waals surface area contributed by atoms with Crippen LogP contribution in [0.5, 0.6) is 0 Å². The van der Waals surface area contributed by atoms with Crippen LogP contribution in [0.1, 0.15) is 19.3 Å². The van der Waals surface area contributed by atoms with Crippen LogP contribution >= 0.6 is 11.6 Å². The molecule has 1 aromatic heterocycles.